The number of nitrogens with zero attached hydrogens (tertiary/aromatic N) is 1. The van der Waals surface area contributed by atoms with Crippen LogP contribution < -0.4 is 10.1 Å². The first kappa shape index (κ1) is 25.5. The number of rotatable bonds is 10. The van der Waals surface area contributed by atoms with Gasteiger partial charge in [-0.05, 0) is 56.2 Å². The van der Waals surface area contributed by atoms with Crippen LogP contribution in [0.5, 0.6) is 5.75 Å². The number of nitrogens with one attached hydrogen (secondary N) is 1. The summed E-state index contributed by atoms with van der Waals surface area (Å²) in [7, 11) is 0. The molecule has 0 saturated heterocycles. The molecular formula is C28H31BrN2O3. The van der Waals surface area contributed by atoms with Crippen LogP contribution in [0.1, 0.15) is 30.5 Å². The lowest BCUT2D eigenvalue weighted by Crippen LogP contribution is -2.52. The molecule has 0 radical (unpaired) electrons. The van der Waals surface area contributed by atoms with Crippen molar-refractivity contribution in [3.05, 3.63) is 100 Å². The Kier molecular flexibility index (Phi) is 9.28. The number of hydrogen-bond donors (Lipinski definition) is 1. The van der Waals surface area contributed by atoms with E-state index in [2.05, 4.69) is 21.2 Å². The van der Waals surface area contributed by atoms with Crippen LogP contribution in [-0.4, -0.2) is 35.4 Å². The Labute approximate surface area is 210 Å². The summed E-state index contributed by atoms with van der Waals surface area (Å²) in [6.45, 7) is 5.96. The second-order valence-corrected chi connectivity index (χ2v) is 9.54. The topological polar surface area (TPSA) is 58.6 Å². The Bertz CT molecular complexity index is 1080. The zero-order valence-corrected chi connectivity index (χ0v) is 21.4. The molecule has 0 aliphatic carbocycles. The molecule has 0 unspecified atom stereocenters. The summed E-state index contributed by atoms with van der Waals surface area (Å²) >= 11 is 3.50. The van der Waals surface area contributed by atoms with Crippen molar-refractivity contribution < 1.29 is 14.3 Å². The van der Waals surface area contributed by atoms with Gasteiger partial charge in [0.25, 0.3) is 5.91 Å². The number of aryl methyl sites for hydroxylation is 1. The van der Waals surface area contributed by atoms with Crippen LogP contribution >= 0.6 is 15.9 Å². The van der Waals surface area contributed by atoms with Gasteiger partial charge in [-0.2, -0.15) is 0 Å². The summed E-state index contributed by atoms with van der Waals surface area (Å²) in [5.74, 6) is 0.186. The number of carbonyl (C=O) groups is 2. The highest BCUT2D eigenvalue weighted by Crippen LogP contribution is 2.19. The van der Waals surface area contributed by atoms with Gasteiger partial charge in [0.1, 0.15) is 11.8 Å². The molecule has 0 aromatic heterocycles. The molecule has 3 rings (SSSR count). The van der Waals surface area contributed by atoms with Crippen molar-refractivity contribution in [3.63, 3.8) is 0 Å². The van der Waals surface area contributed by atoms with E-state index in [1.165, 1.54) is 0 Å². The molecule has 1 N–H and O–H groups in total. The number of ether oxygens (including phenoxy) is 1. The van der Waals surface area contributed by atoms with E-state index in [-0.39, 0.29) is 24.5 Å². The van der Waals surface area contributed by atoms with E-state index in [0.29, 0.717) is 18.7 Å². The quantitative estimate of drug-likeness (QED) is 0.393. The monoisotopic (exact) mass is 522 g/mol. The van der Waals surface area contributed by atoms with E-state index in [1.807, 2.05) is 99.6 Å². The van der Waals surface area contributed by atoms with Crippen LogP contribution in [0.15, 0.2) is 83.3 Å². The molecule has 5 nitrogen and oxygen atoms in total. The number of hydrogen-bond acceptors (Lipinski definition) is 3. The molecule has 0 fully saturated rings. The maximum Gasteiger partial charge on any atom is 0.261 e. The molecule has 0 saturated carbocycles. The normalized spacial score (nSPS) is 11.7. The average molecular weight is 523 g/mol. The summed E-state index contributed by atoms with van der Waals surface area (Å²) in [6.07, 6.45) is 0.406. The second-order valence-electron chi connectivity index (χ2n) is 8.62. The smallest absolute Gasteiger partial charge is 0.261 e. The van der Waals surface area contributed by atoms with Crippen molar-refractivity contribution in [2.24, 2.45) is 0 Å². The van der Waals surface area contributed by atoms with Crippen LogP contribution in [0, 0.1) is 6.92 Å². The number of amides is 2. The van der Waals surface area contributed by atoms with Crippen LogP contribution in [-0.2, 0) is 22.6 Å². The molecule has 3 aromatic rings. The third-order valence-corrected chi connectivity index (χ3v) is 5.82. The van der Waals surface area contributed by atoms with Crippen molar-refractivity contribution in [1.82, 2.24) is 10.2 Å². The molecule has 3 aromatic carbocycles. The maximum absolute atomic E-state index is 13.5. The highest BCUT2D eigenvalue weighted by atomic mass is 79.9. The molecule has 0 spiro atoms. The van der Waals surface area contributed by atoms with Gasteiger partial charge in [-0.15, -0.1) is 0 Å². The fourth-order valence-electron chi connectivity index (χ4n) is 3.63. The summed E-state index contributed by atoms with van der Waals surface area (Å²) in [5.41, 5.74) is 3.02. The minimum atomic E-state index is -0.683. The molecule has 0 bridgehead atoms. The first-order chi connectivity index (χ1) is 16.3. The summed E-state index contributed by atoms with van der Waals surface area (Å²) in [4.78, 5) is 28.4. The van der Waals surface area contributed by atoms with Crippen molar-refractivity contribution in [3.8, 4) is 5.75 Å². The Morgan fingerprint density at radius 1 is 0.941 bits per heavy atom. The lowest BCUT2D eigenvalue weighted by Gasteiger charge is -2.32. The Morgan fingerprint density at radius 3 is 2.26 bits per heavy atom. The fraction of sp³-hybridized carbons (Fsp3) is 0.286. The number of carbonyl (C=O) groups excluding carboxylic acids is 2. The Hall–Kier alpha value is -3.12. The maximum atomic E-state index is 13.5. The molecule has 0 heterocycles. The molecule has 34 heavy (non-hydrogen) atoms. The molecule has 6 heteroatoms. The van der Waals surface area contributed by atoms with E-state index >= 15 is 0 Å². The zero-order chi connectivity index (χ0) is 24.5. The second kappa shape index (κ2) is 12.4. The van der Waals surface area contributed by atoms with Crippen LogP contribution in [0.3, 0.4) is 0 Å². The third-order valence-electron chi connectivity index (χ3n) is 5.33. The van der Waals surface area contributed by atoms with Crippen LogP contribution in [0.2, 0.25) is 0 Å². The highest BCUT2D eigenvalue weighted by molar-refractivity contribution is 9.10. The van der Waals surface area contributed by atoms with Gasteiger partial charge in [0, 0.05) is 23.5 Å². The van der Waals surface area contributed by atoms with Gasteiger partial charge in [0.15, 0.2) is 6.61 Å². The average Bonchev–Trinajstić information content (AvgIpc) is 2.81. The van der Waals surface area contributed by atoms with E-state index in [1.54, 1.807) is 4.90 Å². The SMILES string of the molecule is Cc1ccc(OCC(=O)N(Cc2cccc(Br)c2)[C@H](Cc2ccccc2)C(=O)NC(C)C)cc1. The van der Waals surface area contributed by atoms with E-state index in [9.17, 15) is 9.59 Å². The van der Waals surface area contributed by atoms with Gasteiger partial charge in [0.2, 0.25) is 5.91 Å². The predicted molar refractivity (Wildman–Crippen MR) is 139 cm³/mol. The van der Waals surface area contributed by atoms with Gasteiger partial charge < -0.3 is 15.0 Å². The standard InChI is InChI=1S/C28H31BrN2O3/c1-20(2)30-28(33)26(17-22-8-5-4-6-9-22)31(18-23-10-7-11-24(29)16-23)27(32)19-34-25-14-12-21(3)13-15-25/h4-16,20,26H,17-19H2,1-3H3,(H,30,33)/t26-/m1/s1. The van der Waals surface area contributed by atoms with Gasteiger partial charge in [-0.1, -0.05) is 76.1 Å². The van der Waals surface area contributed by atoms with Gasteiger partial charge >= 0.3 is 0 Å². The first-order valence-corrected chi connectivity index (χ1v) is 12.2. The minimum Gasteiger partial charge on any atom is -0.484 e. The van der Waals surface area contributed by atoms with Crippen molar-refractivity contribution in [1.29, 1.82) is 0 Å². The fourth-order valence-corrected chi connectivity index (χ4v) is 4.08. The molecule has 1 atom stereocenters. The van der Waals surface area contributed by atoms with Gasteiger partial charge in [0.05, 0.1) is 0 Å². The first-order valence-electron chi connectivity index (χ1n) is 11.4. The third kappa shape index (κ3) is 7.73. The van der Waals surface area contributed by atoms with Crippen LogP contribution in [0.25, 0.3) is 0 Å². The van der Waals surface area contributed by atoms with E-state index < -0.39 is 6.04 Å². The van der Waals surface area contributed by atoms with E-state index in [0.717, 1.165) is 21.2 Å². The lowest BCUT2D eigenvalue weighted by atomic mass is 10.0. The zero-order valence-electron chi connectivity index (χ0n) is 19.8. The molecule has 2 amide bonds. The minimum absolute atomic E-state index is 0.0441. The van der Waals surface area contributed by atoms with Crippen molar-refractivity contribution in [2.45, 2.75) is 45.8 Å². The molecular weight excluding hydrogens is 492 g/mol. The Balaban J connectivity index is 1.90. The summed E-state index contributed by atoms with van der Waals surface area (Å²) in [5, 5.41) is 2.99. The van der Waals surface area contributed by atoms with E-state index in [4.69, 9.17) is 4.74 Å². The molecule has 178 valence electrons. The van der Waals surface area contributed by atoms with Crippen LogP contribution in [0.4, 0.5) is 0 Å². The lowest BCUT2D eigenvalue weighted by molar-refractivity contribution is -0.143. The van der Waals surface area contributed by atoms with Gasteiger partial charge in [-0.25, -0.2) is 0 Å². The van der Waals surface area contributed by atoms with Crippen molar-refractivity contribution >= 4 is 27.7 Å². The van der Waals surface area contributed by atoms with Gasteiger partial charge in [-0.3, -0.25) is 9.59 Å². The summed E-state index contributed by atoms with van der Waals surface area (Å²) in [6, 6.07) is 24.4. The molecule has 0 aliphatic rings. The number of halogens is 1. The summed E-state index contributed by atoms with van der Waals surface area (Å²) < 4.78 is 6.71. The predicted octanol–water partition coefficient (Wildman–Crippen LogP) is 5.30. The Morgan fingerprint density at radius 2 is 1.62 bits per heavy atom. The number of benzene rings is 3. The highest BCUT2D eigenvalue weighted by Gasteiger charge is 2.31. The van der Waals surface area contributed by atoms with Crippen molar-refractivity contribution in [2.75, 3.05) is 6.61 Å². The largest absolute Gasteiger partial charge is 0.484 e. The molecule has 0 aliphatic heterocycles.